The number of hydrogen-bond acceptors (Lipinski definition) is 4. The summed E-state index contributed by atoms with van der Waals surface area (Å²) in [5.74, 6) is -1.32. The molecule has 4 N–H and O–H groups in total. The number of amides is 1. The van der Waals surface area contributed by atoms with Crippen molar-refractivity contribution in [2.75, 3.05) is 12.3 Å². The number of benzene rings is 1. The van der Waals surface area contributed by atoms with Crippen LogP contribution in [0.15, 0.2) is 17.0 Å². The second kappa shape index (κ2) is 5.02. The highest BCUT2D eigenvalue weighted by atomic mass is 32.2. The lowest BCUT2D eigenvalue weighted by Crippen LogP contribution is -2.43. The first-order valence-corrected chi connectivity index (χ1v) is 7.56. The summed E-state index contributed by atoms with van der Waals surface area (Å²) in [6.07, 6.45) is 0.951. The van der Waals surface area contributed by atoms with Gasteiger partial charge in [0.2, 0.25) is 15.9 Å². The minimum atomic E-state index is -3.91. The van der Waals surface area contributed by atoms with E-state index in [-0.39, 0.29) is 22.7 Å². The van der Waals surface area contributed by atoms with Crippen LogP contribution in [-0.2, 0) is 14.8 Å². The van der Waals surface area contributed by atoms with Gasteiger partial charge in [-0.3, -0.25) is 4.79 Å². The van der Waals surface area contributed by atoms with Crippen molar-refractivity contribution in [1.82, 2.24) is 4.31 Å². The Labute approximate surface area is 116 Å². The highest BCUT2D eigenvalue weighted by Crippen LogP contribution is 2.28. The van der Waals surface area contributed by atoms with Crippen molar-refractivity contribution in [3.05, 3.63) is 23.5 Å². The van der Waals surface area contributed by atoms with Crippen molar-refractivity contribution in [3.63, 3.8) is 0 Å². The van der Waals surface area contributed by atoms with Crippen LogP contribution in [0.25, 0.3) is 0 Å². The third kappa shape index (κ3) is 2.36. The fraction of sp³-hybridized carbons (Fsp3) is 0.417. The fourth-order valence-electron chi connectivity index (χ4n) is 2.36. The first-order chi connectivity index (χ1) is 9.25. The fourth-order valence-corrected chi connectivity index (χ4v) is 4.15. The second-order valence-electron chi connectivity index (χ2n) is 4.82. The van der Waals surface area contributed by atoms with Gasteiger partial charge in [0.05, 0.1) is 10.6 Å². The van der Waals surface area contributed by atoms with Crippen LogP contribution < -0.4 is 11.5 Å². The Morgan fingerprint density at radius 2 is 2.10 bits per heavy atom. The van der Waals surface area contributed by atoms with Crippen LogP contribution in [0, 0.1) is 12.7 Å². The third-order valence-corrected chi connectivity index (χ3v) is 5.28. The van der Waals surface area contributed by atoms with E-state index in [1.54, 1.807) is 0 Å². The summed E-state index contributed by atoms with van der Waals surface area (Å²) in [6.45, 7) is 1.65. The van der Waals surface area contributed by atoms with E-state index < -0.39 is 27.8 Å². The van der Waals surface area contributed by atoms with Crippen LogP contribution >= 0.6 is 0 Å². The van der Waals surface area contributed by atoms with Crippen LogP contribution in [-0.4, -0.2) is 31.2 Å². The monoisotopic (exact) mass is 301 g/mol. The van der Waals surface area contributed by atoms with E-state index in [1.165, 1.54) is 13.0 Å². The number of nitrogen functional groups attached to an aromatic ring is 1. The summed E-state index contributed by atoms with van der Waals surface area (Å²) in [6, 6.07) is 1.41. The molecule has 0 saturated carbocycles. The van der Waals surface area contributed by atoms with Gasteiger partial charge in [0, 0.05) is 6.54 Å². The molecule has 1 aromatic carbocycles. The molecule has 8 heteroatoms. The molecule has 110 valence electrons. The van der Waals surface area contributed by atoms with Crippen LogP contribution in [0.5, 0.6) is 0 Å². The highest BCUT2D eigenvalue weighted by Gasteiger charge is 2.38. The summed E-state index contributed by atoms with van der Waals surface area (Å²) < 4.78 is 39.5. The number of carbonyl (C=O) groups excluding carboxylic acids is 1. The molecule has 2 rings (SSSR count). The average molecular weight is 301 g/mol. The number of carbonyl (C=O) groups is 1. The molecule has 0 aliphatic carbocycles. The summed E-state index contributed by atoms with van der Waals surface area (Å²) in [5, 5.41) is 0. The zero-order chi connectivity index (χ0) is 15.1. The van der Waals surface area contributed by atoms with E-state index in [0.29, 0.717) is 12.8 Å². The Morgan fingerprint density at radius 1 is 1.45 bits per heavy atom. The van der Waals surface area contributed by atoms with Crippen molar-refractivity contribution in [3.8, 4) is 0 Å². The molecule has 1 saturated heterocycles. The molecule has 0 spiro atoms. The summed E-state index contributed by atoms with van der Waals surface area (Å²) >= 11 is 0. The number of sulfonamides is 1. The number of anilines is 1. The standard InChI is InChI=1S/C12H16FN3O3S/c1-7-5-8(6-9(14)11(7)13)20(18,19)16-4-2-3-10(16)12(15)17/h5-6,10H,2-4,14H2,1H3,(H2,15,17). The van der Waals surface area contributed by atoms with E-state index in [0.717, 1.165) is 10.4 Å². The number of hydrogen-bond donors (Lipinski definition) is 2. The van der Waals surface area contributed by atoms with Crippen molar-refractivity contribution in [1.29, 1.82) is 0 Å². The minimum Gasteiger partial charge on any atom is -0.396 e. The molecule has 1 amide bonds. The molecule has 1 atom stereocenters. The molecule has 1 fully saturated rings. The van der Waals surface area contributed by atoms with Crippen LogP contribution in [0.1, 0.15) is 18.4 Å². The second-order valence-corrected chi connectivity index (χ2v) is 6.71. The van der Waals surface area contributed by atoms with Crippen molar-refractivity contribution < 1.29 is 17.6 Å². The molecule has 6 nitrogen and oxygen atoms in total. The van der Waals surface area contributed by atoms with E-state index in [2.05, 4.69) is 0 Å². The molecular weight excluding hydrogens is 285 g/mol. The zero-order valence-electron chi connectivity index (χ0n) is 11.0. The molecular formula is C12H16FN3O3S. The van der Waals surface area contributed by atoms with E-state index in [1.807, 2.05) is 0 Å². The van der Waals surface area contributed by atoms with Crippen LogP contribution in [0.3, 0.4) is 0 Å². The lowest BCUT2D eigenvalue weighted by atomic mass is 10.2. The number of nitrogens with two attached hydrogens (primary N) is 2. The molecule has 1 unspecified atom stereocenters. The van der Waals surface area contributed by atoms with Gasteiger partial charge in [0.25, 0.3) is 0 Å². The summed E-state index contributed by atoms with van der Waals surface area (Å²) in [5.41, 5.74) is 10.6. The SMILES string of the molecule is Cc1cc(S(=O)(=O)N2CCCC2C(N)=O)cc(N)c1F. The molecule has 0 aromatic heterocycles. The predicted molar refractivity (Wildman–Crippen MR) is 71.7 cm³/mol. The maximum Gasteiger partial charge on any atom is 0.243 e. The lowest BCUT2D eigenvalue weighted by Gasteiger charge is -2.22. The van der Waals surface area contributed by atoms with Gasteiger partial charge in [-0.05, 0) is 37.5 Å². The molecule has 1 aliphatic heterocycles. The number of aryl methyl sites for hydroxylation is 1. The lowest BCUT2D eigenvalue weighted by molar-refractivity contribution is -0.121. The Kier molecular flexibility index (Phi) is 3.70. The first-order valence-electron chi connectivity index (χ1n) is 6.12. The predicted octanol–water partition coefficient (Wildman–Crippen LogP) is 0.355. The average Bonchev–Trinajstić information content (AvgIpc) is 2.85. The van der Waals surface area contributed by atoms with E-state index >= 15 is 0 Å². The van der Waals surface area contributed by atoms with Crippen molar-refractivity contribution >= 4 is 21.6 Å². The third-order valence-electron chi connectivity index (χ3n) is 3.39. The summed E-state index contributed by atoms with van der Waals surface area (Å²) in [7, 11) is -3.91. The molecule has 0 bridgehead atoms. The Morgan fingerprint density at radius 3 is 2.65 bits per heavy atom. The van der Waals surface area contributed by atoms with Gasteiger partial charge in [-0.15, -0.1) is 0 Å². The normalized spacial score (nSPS) is 20.2. The Balaban J connectivity index is 2.48. The number of rotatable bonds is 3. The number of nitrogens with zero attached hydrogens (tertiary/aromatic N) is 1. The van der Waals surface area contributed by atoms with E-state index in [9.17, 15) is 17.6 Å². The largest absolute Gasteiger partial charge is 0.396 e. The highest BCUT2D eigenvalue weighted by molar-refractivity contribution is 7.89. The maximum absolute atomic E-state index is 13.5. The Bertz CT molecular complexity index is 637. The van der Waals surface area contributed by atoms with Gasteiger partial charge < -0.3 is 11.5 Å². The van der Waals surface area contributed by atoms with Gasteiger partial charge in [-0.2, -0.15) is 4.31 Å². The van der Waals surface area contributed by atoms with E-state index in [4.69, 9.17) is 11.5 Å². The first kappa shape index (κ1) is 14.7. The molecule has 20 heavy (non-hydrogen) atoms. The summed E-state index contributed by atoms with van der Waals surface area (Å²) in [4.78, 5) is 11.2. The number of primary amides is 1. The van der Waals surface area contributed by atoms with Crippen LogP contribution in [0.2, 0.25) is 0 Å². The zero-order valence-corrected chi connectivity index (χ0v) is 11.8. The van der Waals surface area contributed by atoms with Crippen molar-refractivity contribution in [2.24, 2.45) is 5.73 Å². The minimum absolute atomic E-state index is 0.123. The van der Waals surface area contributed by atoms with Crippen LogP contribution in [0.4, 0.5) is 10.1 Å². The molecule has 0 radical (unpaired) electrons. The quantitative estimate of drug-likeness (QED) is 0.786. The van der Waals surface area contributed by atoms with Gasteiger partial charge in [0.1, 0.15) is 11.9 Å². The van der Waals surface area contributed by atoms with Gasteiger partial charge in [-0.25, -0.2) is 12.8 Å². The molecule has 1 aliphatic rings. The van der Waals surface area contributed by atoms with Gasteiger partial charge in [-0.1, -0.05) is 0 Å². The van der Waals surface area contributed by atoms with Gasteiger partial charge >= 0.3 is 0 Å². The number of halogens is 1. The molecule has 1 heterocycles. The topological polar surface area (TPSA) is 106 Å². The Hall–Kier alpha value is -1.67. The smallest absolute Gasteiger partial charge is 0.243 e. The maximum atomic E-state index is 13.5. The molecule has 1 aromatic rings. The van der Waals surface area contributed by atoms with Crippen molar-refractivity contribution in [2.45, 2.75) is 30.7 Å². The van der Waals surface area contributed by atoms with Gasteiger partial charge in [0.15, 0.2) is 0 Å².